The molecular weight excluding hydrogens is 287 g/mol. The van der Waals surface area contributed by atoms with E-state index in [1.807, 2.05) is 0 Å². The van der Waals surface area contributed by atoms with E-state index in [1.165, 1.54) is 7.11 Å². The van der Waals surface area contributed by atoms with E-state index in [0.29, 0.717) is 15.9 Å². The molecule has 0 N–H and O–H groups in total. The van der Waals surface area contributed by atoms with Crippen LogP contribution >= 0.6 is 15.9 Å². The van der Waals surface area contributed by atoms with Crippen LogP contribution in [0.2, 0.25) is 0 Å². The molecule has 5 heteroatoms. The summed E-state index contributed by atoms with van der Waals surface area (Å²) in [5.41, 5.74) is 0.710. The van der Waals surface area contributed by atoms with Gasteiger partial charge >= 0.3 is 0 Å². The molecule has 0 spiro atoms. The largest absolute Gasteiger partial charge is 0.491 e. The van der Waals surface area contributed by atoms with Crippen molar-refractivity contribution in [3.8, 4) is 5.75 Å². The summed E-state index contributed by atoms with van der Waals surface area (Å²) < 4.78 is 21.2. The van der Waals surface area contributed by atoms with E-state index < -0.39 is 0 Å². The van der Waals surface area contributed by atoms with E-state index >= 15 is 0 Å². The third-order valence-corrected chi connectivity index (χ3v) is 3.09. The number of hydrogen-bond donors (Lipinski definition) is 0. The van der Waals surface area contributed by atoms with Gasteiger partial charge in [0.2, 0.25) is 0 Å². The lowest BCUT2D eigenvalue weighted by Crippen LogP contribution is -2.07. The molecular formula is C12H14BrFN2O. The minimum absolute atomic E-state index is 0.243. The van der Waals surface area contributed by atoms with Gasteiger partial charge < -0.3 is 4.74 Å². The van der Waals surface area contributed by atoms with Crippen LogP contribution in [0.15, 0.2) is 16.7 Å². The summed E-state index contributed by atoms with van der Waals surface area (Å²) in [4.78, 5) is 0. The smallest absolute Gasteiger partial charge is 0.181 e. The first-order chi connectivity index (χ1) is 8.04. The fraction of sp³-hybridized carbons (Fsp3) is 0.417. The Labute approximate surface area is 108 Å². The van der Waals surface area contributed by atoms with Crippen molar-refractivity contribution in [2.24, 2.45) is 5.92 Å². The Morgan fingerprint density at radius 3 is 2.82 bits per heavy atom. The second-order valence-electron chi connectivity index (χ2n) is 4.36. The molecule has 0 bridgehead atoms. The molecule has 1 aromatic heterocycles. The van der Waals surface area contributed by atoms with E-state index in [1.54, 1.807) is 16.9 Å². The molecule has 3 nitrogen and oxygen atoms in total. The monoisotopic (exact) mass is 300 g/mol. The van der Waals surface area contributed by atoms with Crippen LogP contribution in [-0.4, -0.2) is 16.9 Å². The second kappa shape index (κ2) is 4.64. The van der Waals surface area contributed by atoms with Crippen LogP contribution in [0.25, 0.3) is 10.9 Å². The Bertz CT molecular complexity index is 551. The normalized spacial score (nSPS) is 11.4. The fourth-order valence-corrected chi connectivity index (χ4v) is 2.26. The van der Waals surface area contributed by atoms with Gasteiger partial charge in [-0.3, -0.25) is 4.68 Å². The Balaban J connectivity index is 2.69. The molecule has 0 aliphatic heterocycles. The third-order valence-electron chi connectivity index (χ3n) is 2.52. The quantitative estimate of drug-likeness (QED) is 0.866. The van der Waals surface area contributed by atoms with Crippen molar-refractivity contribution >= 4 is 26.8 Å². The minimum atomic E-state index is -0.384. The van der Waals surface area contributed by atoms with Gasteiger partial charge in [0.15, 0.2) is 11.6 Å². The molecule has 0 amide bonds. The summed E-state index contributed by atoms with van der Waals surface area (Å²) in [5, 5.41) is 5.15. The summed E-state index contributed by atoms with van der Waals surface area (Å²) in [5.74, 6) is 0.299. The maximum Gasteiger partial charge on any atom is 0.181 e. The van der Waals surface area contributed by atoms with Crippen molar-refractivity contribution in [1.29, 1.82) is 0 Å². The van der Waals surface area contributed by atoms with Crippen molar-refractivity contribution < 1.29 is 9.13 Å². The Morgan fingerprint density at radius 1 is 1.53 bits per heavy atom. The molecule has 0 fully saturated rings. The fourth-order valence-electron chi connectivity index (χ4n) is 1.84. The Kier molecular flexibility index (Phi) is 3.38. The number of fused-ring (bicyclic) bond motifs is 1. The predicted molar refractivity (Wildman–Crippen MR) is 68.8 cm³/mol. The predicted octanol–water partition coefficient (Wildman–Crippen LogP) is 3.60. The number of methoxy groups -OCH3 is 1. The second-order valence-corrected chi connectivity index (χ2v) is 5.22. The molecule has 2 aromatic rings. The number of nitrogens with zero attached hydrogens (tertiary/aromatic N) is 2. The molecule has 0 aliphatic rings. The van der Waals surface area contributed by atoms with Crippen LogP contribution < -0.4 is 4.74 Å². The molecule has 0 aliphatic carbocycles. The maximum absolute atomic E-state index is 13.9. The van der Waals surface area contributed by atoms with Gasteiger partial charge in [-0.15, -0.1) is 0 Å². The van der Waals surface area contributed by atoms with Crippen molar-refractivity contribution in [2.75, 3.05) is 7.11 Å². The van der Waals surface area contributed by atoms with Crippen molar-refractivity contribution in [3.05, 3.63) is 22.6 Å². The molecule has 0 saturated carbocycles. The molecule has 0 saturated heterocycles. The third kappa shape index (κ3) is 2.16. The van der Waals surface area contributed by atoms with E-state index in [-0.39, 0.29) is 11.6 Å². The van der Waals surface area contributed by atoms with Gasteiger partial charge in [0.25, 0.3) is 0 Å². The zero-order valence-corrected chi connectivity index (χ0v) is 11.6. The molecule has 0 unspecified atom stereocenters. The Hall–Kier alpha value is -1.10. The van der Waals surface area contributed by atoms with Crippen LogP contribution in [0.1, 0.15) is 13.8 Å². The highest BCUT2D eigenvalue weighted by Gasteiger charge is 2.17. The van der Waals surface area contributed by atoms with Gasteiger partial charge in [-0.25, -0.2) is 4.39 Å². The average molecular weight is 301 g/mol. The van der Waals surface area contributed by atoms with Crippen LogP contribution in [0, 0.1) is 11.7 Å². The van der Waals surface area contributed by atoms with Gasteiger partial charge in [0.1, 0.15) is 5.52 Å². The molecule has 1 aromatic carbocycles. The number of hydrogen-bond acceptors (Lipinski definition) is 2. The van der Waals surface area contributed by atoms with Crippen molar-refractivity contribution in [1.82, 2.24) is 9.78 Å². The molecule has 1 heterocycles. The van der Waals surface area contributed by atoms with E-state index in [4.69, 9.17) is 4.74 Å². The van der Waals surface area contributed by atoms with Crippen LogP contribution in [0.5, 0.6) is 5.75 Å². The average Bonchev–Trinajstić information content (AvgIpc) is 2.62. The van der Waals surface area contributed by atoms with Crippen molar-refractivity contribution in [3.63, 3.8) is 0 Å². The number of rotatable bonds is 3. The molecule has 17 heavy (non-hydrogen) atoms. The van der Waals surface area contributed by atoms with E-state index in [0.717, 1.165) is 11.9 Å². The lowest BCUT2D eigenvalue weighted by molar-refractivity contribution is 0.385. The van der Waals surface area contributed by atoms with Gasteiger partial charge in [-0.1, -0.05) is 13.8 Å². The zero-order chi connectivity index (χ0) is 12.6. The van der Waals surface area contributed by atoms with Crippen LogP contribution in [-0.2, 0) is 6.54 Å². The van der Waals surface area contributed by atoms with Gasteiger partial charge in [0.05, 0.1) is 17.8 Å². The zero-order valence-electron chi connectivity index (χ0n) is 10.00. The first-order valence-electron chi connectivity index (χ1n) is 5.42. The summed E-state index contributed by atoms with van der Waals surface area (Å²) in [6.45, 7) is 4.92. The van der Waals surface area contributed by atoms with Crippen LogP contribution in [0.4, 0.5) is 4.39 Å². The highest BCUT2D eigenvalue weighted by molar-refractivity contribution is 9.10. The highest BCUT2D eigenvalue weighted by atomic mass is 79.9. The lowest BCUT2D eigenvalue weighted by atomic mass is 10.2. The summed E-state index contributed by atoms with van der Waals surface area (Å²) in [6.07, 6.45) is 1.73. The summed E-state index contributed by atoms with van der Waals surface area (Å²) in [6, 6.07) is 1.72. The van der Waals surface area contributed by atoms with E-state index in [9.17, 15) is 4.39 Å². The minimum Gasteiger partial charge on any atom is -0.491 e. The van der Waals surface area contributed by atoms with Crippen molar-refractivity contribution in [2.45, 2.75) is 20.4 Å². The number of halogens is 2. The molecule has 0 atom stereocenters. The van der Waals surface area contributed by atoms with Gasteiger partial charge in [0, 0.05) is 11.9 Å². The molecule has 0 radical (unpaired) electrons. The number of ether oxygens (including phenoxy) is 1. The van der Waals surface area contributed by atoms with Gasteiger partial charge in [-0.05, 0) is 27.9 Å². The number of aromatic nitrogens is 2. The topological polar surface area (TPSA) is 27.1 Å². The highest BCUT2D eigenvalue weighted by Crippen LogP contribution is 2.34. The summed E-state index contributed by atoms with van der Waals surface area (Å²) >= 11 is 3.18. The number of benzene rings is 1. The first-order valence-corrected chi connectivity index (χ1v) is 6.21. The standard InChI is InChI=1S/C12H14BrFN2O/c1-7(2)6-16-11-8(5-15-16)4-9(13)10(14)12(11)17-3/h4-5,7H,6H2,1-3H3. The van der Waals surface area contributed by atoms with E-state index in [2.05, 4.69) is 34.9 Å². The van der Waals surface area contributed by atoms with Gasteiger partial charge in [-0.2, -0.15) is 5.10 Å². The Morgan fingerprint density at radius 2 is 2.24 bits per heavy atom. The SMILES string of the molecule is COc1c(F)c(Br)cc2cnn(CC(C)C)c12. The molecule has 2 rings (SSSR count). The lowest BCUT2D eigenvalue weighted by Gasteiger charge is -2.10. The molecule has 92 valence electrons. The van der Waals surface area contributed by atoms with Crippen LogP contribution in [0.3, 0.4) is 0 Å². The summed E-state index contributed by atoms with van der Waals surface area (Å²) in [7, 11) is 1.47. The first kappa shape index (κ1) is 12.4. The maximum atomic E-state index is 13.9.